The Morgan fingerprint density at radius 3 is 2.36 bits per heavy atom. The number of alkyl halides is 2. The van der Waals surface area contributed by atoms with Gasteiger partial charge >= 0.3 is 0 Å². The first-order valence-corrected chi connectivity index (χ1v) is 13.6. The minimum atomic E-state index is -3.24. The van der Waals surface area contributed by atoms with Crippen LogP contribution in [-0.2, 0) is 21.8 Å². The molecule has 3 aromatic rings. The van der Waals surface area contributed by atoms with Gasteiger partial charge < -0.3 is 14.8 Å². The standard InChI is InChI=1S/C33H32F4NO3P/c1-6-9-29(24-14-23(20(4)40-8-3)15-27(16-24)38-21(5)39)28(7-2)30-17-25(33(36,37)42)11-13-32(30)41-19-22-10-12-26(34)18-31(22)35/h6-7,9-18H,1,4,8,19,42H2,2-3,5H3,(H,38,39)/b28-7+,29-9-. The summed E-state index contributed by atoms with van der Waals surface area (Å²) in [6.07, 6.45) is 4.97. The zero-order chi connectivity index (χ0) is 31.0. The molecule has 9 heteroatoms. The van der Waals surface area contributed by atoms with Crippen molar-refractivity contribution in [1.29, 1.82) is 0 Å². The van der Waals surface area contributed by atoms with E-state index in [-0.39, 0.29) is 29.4 Å². The number of halogens is 4. The van der Waals surface area contributed by atoms with Crippen molar-refractivity contribution in [3.8, 4) is 5.75 Å². The van der Waals surface area contributed by atoms with E-state index in [1.165, 1.54) is 40.4 Å². The molecule has 0 radical (unpaired) electrons. The van der Waals surface area contributed by atoms with Crippen molar-refractivity contribution in [2.75, 3.05) is 11.9 Å². The van der Waals surface area contributed by atoms with Crippen LogP contribution in [-0.4, -0.2) is 12.5 Å². The molecule has 3 aromatic carbocycles. The van der Waals surface area contributed by atoms with Crippen LogP contribution in [0, 0.1) is 11.6 Å². The molecule has 0 spiro atoms. The Kier molecular flexibility index (Phi) is 10.9. The molecule has 0 bridgehead atoms. The minimum absolute atomic E-state index is 0.0915. The maximum absolute atomic E-state index is 14.5. The molecule has 4 nitrogen and oxygen atoms in total. The topological polar surface area (TPSA) is 47.6 Å². The molecular weight excluding hydrogens is 565 g/mol. The van der Waals surface area contributed by atoms with Crippen molar-refractivity contribution in [2.24, 2.45) is 0 Å². The van der Waals surface area contributed by atoms with Gasteiger partial charge in [-0.1, -0.05) is 40.6 Å². The minimum Gasteiger partial charge on any atom is -0.494 e. The lowest BCUT2D eigenvalue weighted by atomic mass is 9.89. The first kappa shape index (κ1) is 32.4. The molecule has 1 N–H and O–H groups in total. The summed E-state index contributed by atoms with van der Waals surface area (Å²) >= 11 is 0. The number of carbonyl (C=O) groups excluding carboxylic acids is 1. The van der Waals surface area contributed by atoms with Crippen LogP contribution in [0.2, 0.25) is 0 Å². The fourth-order valence-corrected chi connectivity index (χ4v) is 4.44. The lowest BCUT2D eigenvalue weighted by Gasteiger charge is -2.21. The number of anilines is 1. The summed E-state index contributed by atoms with van der Waals surface area (Å²) in [4.78, 5) is 11.9. The summed E-state index contributed by atoms with van der Waals surface area (Å²) in [6.45, 7) is 12.8. The Labute approximate surface area is 245 Å². The smallest absolute Gasteiger partial charge is 0.283 e. The van der Waals surface area contributed by atoms with E-state index in [1.807, 2.05) is 6.92 Å². The highest BCUT2D eigenvalue weighted by Gasteiger charge is 2.27. The first-order valence-electron chi connectivity index (χ1n) is 13.0. The van der Waals surface area contributed by atoms with E-state index in [2.05, 4.69) is 18.5 Å². The highest BCUT2D eigenvalue weighted by Crippen LogP contribution is 2.43. The van der Waals surface area contributed by atoms with Gasteiger partial charge in [-0.25, -0.2) is 8.78 Å². The SMILES string of the molecule is C=C/C=C(\C(=C/C)c1cc(C(F)(F)P)ccc1OCc1ccc(F)cc1F)c1cc(NC(C)=O)cc(C(=C)OCC)c1. The number of hydrogen-bond donors (Lipinski definition) is 1. The summed E-state index contributed by atoms with van der Waals surface area (Å²) in [6, 6.07) is 12.3. The van der Waals surface area contributed by atoms with E-state index < -0.39 is 17.3 Å². The molecule has 0 saturated heterocycles. The van der Waals surface area contributed by atoms with Crippen LogP contribution in [0.5, 0.6) is 5.75 Å². The third-order valence-corrected chi connectivity index (χ3v) is 6.45. The van der Waals surface area contributed by atoms with Crippen LogP contribution in [0.25, 0.3) is 16.9 Å². The molecule has 0 aliphatic carbocycles. The van der Waals surface area contributed by atoms with Gasteiger partial charge in [0.15, 0.2) is 0 Å². The first-order chi connectivity index (χ1) is 19.9. The number of benzene rings is 3. The van der Waals surface area contributed by atoms with Gasteiger partial charge in [0.05, 0.1) is 6.61 Å². The summed E-state index contributed by atoms with van der Waals surface area (Å²) < 4.78 is 68.2. The van der Waals surface area contributed by atoms with Gasteiger partial charge in [-0.05, 0) is 79.1 Å². The number of allylic oxidation sites excluding steroid dienone is 5. The van der Waals surface area contributed by atoms with Crippen LogP contribution in [0.15, 0.2) is 86.0 Å². The van der Waals surface area contributed by atoms with Crippen molar-refractivity contribution in [2.45, 2.75) is 33.0 Å². The van der Waals surface area contributed by atoms with Crippen molar-refractivity contribution < 1.29 is 31.8 Å². The fraction of sp³-hybridized carbons (Fsp3) is 0.182. The predicted molar refractivity (Wildman–Crippen MR) is 164 cm³/mol. The molecule has 0 aliphatic heterocycles. The molecule has 0 aliphatic rings. The van der Waals surface area contributed by atoms with Crippen LogP contribution < -0.4 is 10.1 Å². The lowest BCUT2D eigenvalue weighted by molar-refractivity contribution is -0.114. The Morgan fingerprint density at radius 1 is 1.05 bits per heavy atom. The highest BCUT2D eigenvalue weighted by atomic mass is 31.0. The molecule has 0 saturated carbocycles. The quantitative estimate of drug-likeness (QED) is 0.0981. The van der Waals surface area contributed by atoms with Crippen LogP contribution in [0.1, 0.15) is 48.6 Å². The second kappa shape index (κ2) is 14.1. The number of ether oxygens (including phenoxy) is 2. The Morgan fingerprint density at radius 2 is 1.76 bits per heavy atom. The average Bonchev–Trinajstić information content (AvgIpc) is 2.92. The van der Waals surface area contributed by atoms with E-state index in [4.69, 9.17) is 9.47 Å². The van der Waals surface area contributed by atoms with Gasteiger partial charge in [-0.2, -0.15) is 8.78 Å². The molecule has 0 fully saturated rings. The summed E-state index contributed by atoms with van der Waals surface area (Å²) in [5.41, 5.74) is -0.434. The number of nitrogens with one attached hydrogen (secondary N) is 1. The second-order valence-corrected chi connectivity index (χ2v) is 9.94. The normalized spacial score (nSPS) is 12.1. The summed E-state index contributed by atoms with van der Waals surface area (Å²) in [5, 5.41) is 2.77. The Balaban J connectivity index is 2.20. The summed E-state index contributed by atoms with van der Waals surface area (Å²) in [5.74, 6) is -1.25. The maximum atomic E-state index is 14.5. The lowest BCUT2D eigenvalue weighted by Crippen LogP contribution is -2.08. The molecule has 3 rings (SSSR count). The van der Waals surface area contributed by atoms with Crippen molar-refractivity contribution >= 4 is 37.7 Å². The molecule has 1 amide bonds. The molecule has 0 aromatic heterocycles. The van der Waals surface area contributed by atoms with Gasteiger partial charge in [0.25, 0.3) is 5.66 Å². The fourth-order valence-electron chi connectivity index (χ4n) is 4.26. The van der Waals surface area contributed by atoms with E-state index in [0.717, 1.165) is 12.1 Å². The van der Waals surface area contributed by atoms with Gasteiger partial charge in [0.1, 0.15) is 29.8 Å². The van der Waals surface area contributed by atoms with Crippen molar-refractivity contribution in [1.82, 2.24) is 0 Å². The van der Waals surface area contributed by atoms with E-state index >= 15 is 0 Å². The zero-order valence-electron chi connectivity index (χ0n) is 23.6. The van der Waals surface area contributed by atoms with Gasteiger partial charge in [-0.15, -0.1) is 0 Å². The molecular formula is C33H32F4NO3P. The molecule has 0 heterocycles. The van der Waals surface area contributed by atoms with Gasteiger partial charge in [0.2, 0.25) is 5.91 Å². The zero-order valence-corrected chi connectivity index (χ0v) is 24.7. The van der Waals surface area contributed by atoms with Gasteiger partial charge in [-0.3, -0.25) is 4.79 Å². The number of amides is 1. The Hall–Kier alpha value is -4.16. The monoisotopic (exact) mass is 597 g/mol. The number of hydrogen-bond acceptors (Lipinski definition) is 3. The third kappa shape index (κ3) is 8.20. The molecule has 42 heavy (non-hydrogen) atoms. The van der Waals surface area contributed by atoms with E-state index in [9.17, 15) is 22.4 Å². The number of rotatable bonds is 12. The summed E-state index contributed by atoms with van der Waals surface area (Å²) in [7, 11) is 1.51. The third-order valence-electron chi connectivity index (χ3n) is 6.12. The average molecular weight is 598 g/mol. The Bertz CT molecular complexity index is 1560. The second-order valence-electron chi connectivity index (χ2n) is 9.21. The van der Waals surface area contributed by atoms with Crippen LogP contribution in [0.4, 0.5) is 23.2 Å². The molecule has 220 valence electrons. The predicted octanol–water partition coefficient (Wildman–Crippen LogP) is 9.11. The molecule has 1 atom stereocenters. The molecule has 1 unspecified atom stereocenters. The van der Waals surface area contributed by atoms with Crippen molar-refractivity contribution in [3.63, 3.8) is 0 Å². The van der Waals surface area contributed by atoms with Gasteiger partial charge in [0, 0.05) is 40.9 Å². The van der Waals surface area contributed by atoms with Crippen LogP contribution >= 0.6 is 9.24 Å². The number of carbonyl (C=O) groups is 1. The van der Waals surface area contributed by atoms with E-state index in [0.29, 0.717) is 45.9 Å². The largest absolute Gasteiger partial charge is 0.494 e. The maximum Gasteiger partial charge on any atom is 0.283 e. The highest BCUT2D eigenvalue weighted by molar-refractivity contribution is 7.17. The van der Waals surface area contributed by atoms with E-state index in [1.54, 1.807) is 43.4 Å². The van der Waals surface area contributed by atoms with Crippen LogP contribution in [0.3, 0.4) is 0 Å². The van der Waals surface area contributed by atoms with Crippen molar-refractivity contribution in [3.05, 3.63) is 125 Å².